The number of ketones is 1. The van der Waals surface area contributed by atoms with E-state index in [0.29, 0.717) is 29.5 Å². The predicted octanol–water partition coefficient (Wildman–Crippen LogP) is 4.70. The molecule has 0 radical (unpaired) electrons. The summed E-state index contributed by atoms with van der Waals surface area (Å²) >= 11 is 0. The van der Waals surface area contributed by atoms with Crippen LogP contribution in [0.3, 0.4) is 0 Å². The molecule has 1 amide bonds. The number of rotatable bonds is 5. The SMILES string of the molecule is CC1=CC(C)=C(CNC(=O)c2cc(C3CC3)nc3c2c(C)nn3C2CCCC2)C(=O)C1. The van der Waals surface area contributed by atoms with E-state index in [1.54, 1.807) is 0 Å². The first kappa shape index (κ1) is 20.2. The fourth-order valence-corrected chi connectivity index (χ4v) is 5.09. The maximum atomic E-state index is 13.3. The van der Waals surface area contributed by atoms with Crippen LogP contribution in [0.2, 0.25) is 0 Å². The van der Waals surface area contributed by atoms with E-state index in [0.717, 1.165) is 59.3 Å². The molecule has 0 bridgehead atoms. The van der Waals surface area contributed by atoms with E-state index < -0.39 is 0 Å². The number of amides is 1. The quantitative estimate of drug-likeness (QED) is 0.764. The molecule has 1 N–H and O–H groups in total. The van der Waals surface area contributed by atoms with Gasteiger partial charge in [-0.2, -0.15) is 5.10 Å². The van der Waals surface area contributed by atoms with E-state index in [1.807, 2.05) is 32.9 Å². The lowest BCUT2D eigenvalue weighted by Crippen LogP contribution is -2.29. The van der Waals surface area contributed by atoms with E-state index in [2.05, 4.69) is 10.00 Å². The summed E-state index contributed by atoms with van der Waals surface area (Å²) in [5.41, 5.74) is 6.05. The van der Waals surface area contributed by atoms with Gasteiger partial charge in [0.15, 0.2) is 11.4 Å². The van der Waals surface area contributed by atoms with Gasteiger partial charge in [0.1, 0.15) is 0 Å². The van der Waals surface area contributed by atoms with E-state index in [-0.39, 0.29) is 18.2 Å². The molecule has 0 atom stereocenters. The Morgan fingerprint density at radius 1 is 1.16 bits per heavy atom. The summed E-state index contributed by atoms with van der Waals surface area (Å²) in [6, 6.07) is 2.33. The molecule has 2 fully saturated rings. The van der Waals surface area contributed by atoms with Crippen molar-refractivity contribution in [3.8, 4) is 0 Å². The smallest absolute Gasteiger partial charge is 0.252 e. The first-order valence-corrected chi connectivity index (χ1v) is 11.5. The lowest BCUT2D eigenvalue weighted by atomic mass is 9.92. The van der Waals surface area contributed by atoms with Gasteiger partial charge >= 0.3 is 0 Å². The van der Waals surface area contributed by atoms with Crippen molar-refractivity contribution in [2.45, 2.75) is 77.7 Å². The van der Waals surface area contributed by atoms with Gasteiger partial charge in [0, 0.05) is 30.2 Å². The largest absolute Gasteiger partial charge is 0.348 e. The first-order chi connectivity index (χ1) is 14.9. The number of carbonyl (C=O) groups excluding carboxylic acids is 2. The van der Waals surface area contributed by atoms with E-state index in [9.17, 15) is 9.59 Å². The zero-order valence-corrected chi connectivity index (χ0v) is 18.6. The van der Waals surface area contributed by atoms with Crippen LogP contribution in [0.4, 0.5) is 0 Å². The number of aromatic nitrogens is 3. The standard InChI is InChI=1S/C25H30N4O2/c1-14-10-15(2)20(22(30)11-14)13-26-25(31)19-12-21(17-8-9-17)27-24-23(19)16(3)28-29(24)18-6-4-5-7-18/h10,12,17-18H,4-9,11,13H2,1-3H3,(H,26,31). The summed E-state index contributed by atoms with van der Waals surface area (Å²) in [6.45, 7) is 6.13. The molecule has 0 spiro atoms. The molecule has 2 aromatic heterocycles. The van der Waals surface area contributed by atoms with Crippen LogP contribution >= 0.6 is 0 Å². The molecular formula is C25H30N4O2. The Labute approximate surface area is 182 Å². The molecule has 3 aliphatic rings. The molecule has 2 heterocycles. The number of hydrogen-bond acceptors (Lipinski definition) is 4. The number of nitrogens with one attached hydrogen (secondary N) is 1. The van der Waals surface area contributed by atoms with Crippen LogP contribution in [-0.4, -0.2) is 33.0 Å². The molecule has 31 heavy (non-hydrogen) atoms. The first-order valence-electron chi connectivity index (χ1n) is 11.5. The zero-order chi connectivity index (χ0) is 21.7. The van der Waals surface area contributed by atoms with Crippen molar-refractivity contribution in [3.05, 3.63) is 45.8 Å². The molecule has 2 saturated carbocycles. The molecule has 3 aliphatic carbocycles. The normalized spacial score (nSPS) is 20.0. The maximum Gasteiger partial charge on any atom is 0.252 e. The van der Waals surface area contributed by atoms with Gasteiger partial charge in [-0.25, -0.2) is 9.67 Å². The molecule has 162 valence electrons. The second-order valence-corrected chi connectivity index (χ2v) is 9.47. The second-order valence-electron chi connectivity index (χ2n) is 9.47. The summed E-state index contributed by atoms with van der Waals surface area (Å²) in [5, 5.41) is 8.69. The number of Topliss-reactive ketones (excluding diaryl/α,β-unsaturated/α-hetero) is 1. The molecule has 0 saturated heterocycles. The molecule has 6 heteroatoms. The summed E-state index contributed by atoms with van der Waals surface area (Å²) in [7, 11) is 0. The Bertz CT molecular complexity index is 1140. The third-order valence-electron chi connectivity index (χ3n) is 6.91. The van der Waals surface area contributed by atoms with E-state index >= 15 is 0 Å². The highest BCUT2D eigenvalue weighted by Gasteiger charge is 2.30. The van der Waals surface area contributed by atoms with E-state index in [1.165, 1.54) is 12.8 Å². The highest BCUT2D eigenvalue weighted by atomic mass is 16.2. The third kappa shape index (κ3) is 3.73. The summed E-state index contributed by atoms with van der Waals surface area (Å²) < 4.78 is 2.07. The summed E-state index contributed by atoms with van der Waals surface area (Å²) in [6.07, 6.45) is 9.40. The number of allylic oxidation sites excluding steroid dienone is 3. The minimum absolute atomic E-state index is 0.0987. The monoisotopic (exact) mass is 418 g/mol. The van der Waals surface area contributed by atoms with Crippen molar-refractivity contribution in [1.29, 1.82) is 0 Å². The second kappa shape index (κ2) is 7.74. The molecule has 2 aromatic rings. The van der Waals surface area contributed by atoms with Crippen LogP contribution in [0.5, 0.6) is 0 Å². The number of nitrogens with zero attached hydrogens (tertiary/aromatic N) is 3. The highest BCUT2D eigenvalue weighted by Crippen LogP contribution is 2.41. The van der Waals surface area contributed by atoms with Crippen molar-refractivity contribution in [2.75, 3.05) is 6.54 Å². The molecule has 5 rings (SSSR count). The van der Waals surface area contributed by atoms with Gasteiger partial charge < -0.3 is 5.32 Å². The molecular weight excluding hydrogens is 388 g/mol. The van der Waals surface area contributed by atoms with Crippen LogP contribution in [0.15, 0.2) is 28.9 Å². The van der Waals surface area contributed by atoms with Gasteiger partial charge in [-0.1, -0.05) is 24.5 Å². The predicted molar refractivity (Wildman–Crippen MR) is 120 cm³/mol. The minimum Gasteiger partial charge on any atom is -0.348 e. The molecule has 0 unspecified atom stereocenters. The van der Waals surface area contributed by atoms with Gasteiger partial charge in [0.2, 0.25) is 0 Å². The average Bonchev–Trinajstić information content (AvgIpc) is 3.33. The number of aryl methyl sites for hydroxylation is 1. The fraction of sp³-hybridized carbons (Fsp3) is 0.520. The highest BCUT2D eigenvalue weighted by molar-refractivity contribution is 6.07. The van der Waals surface area contributed by atoms with Crippen LogP contribution in [0.1, 0.15) is 92.5 Å². The lowest BCUT2D eigenvalue weighted by molar-refractivity contribution is -0.115. The van der Waals surface area contributed by atoms with Gasteiger partial charge in [-0.3, -0.25) is 9.59 Å². The van der Waals surface area contributed by atoms with Crippen LogP contribution in [0, 0.1) is 6.92 Å². The zero-order valence-electron chi connectivity index (χ0n) is 18.6. The number of pyridine rings is 1. The Balaban J connectivity index is 1.50. The number of fused-ring (bicyclic) bond motifs is 1. The Morgan fingerprint density at radius 2 is 1.90 bits per heavy atom. The topological polar surface area (TPSA) is 76.9 Å². The summed E-state index contributed by atoms with van der Waals surface area (Å²) in [5.74, 6) is 0.394. The minimum atomic E-state index is -0.150. The van der Waals surface area contributed by atoms with Crippen molar-refractivity contribution in [1.82, 2.24) is 20.1 Å². The Hall–Kier alpha value is -2.76. The molecule has 0 aromatic carbocycles. The van der Waals surface area contributed by atoms with Crippen LogP contribution in [0.25, 0.3) is 11.0 Å². The van der Waals surface area contributed by atoms with Crippen LogP contribution in [-0.2, 0) is 4.79 Å². The number of hydrogen-bond donors (Lipinski definition) is 1. The van der Waals surface area contributed by atoms with Gasteiger partial charge in [0.05, 0.1) is 22.7 Å². The van der Waals surface area contributed by atoms with E-state index in [4.69, 9.17) is 10.1 Å². The summed E-state index contributed by atoms with van der Waals surface area (Å²) in [4.78, 5) is 30.8. The van der Waals surface area contributed by atoms with Crippen molar-refractivity contribution >= 4 is 22.7 Å². The van der Waals surface area contributed by atoms with Crippen LogP contribution < -0.4 is 5.32 Å². The van der Waals surface area contributed by atoms with Gasteiger partial charge in [-0.05, 0) is 58.1 Å². The van der Waals surface area contributed by atoms with Gasteiger partial charge in [0.25, 0.3) is 5.91 Å². The third-order valence-corrected chi connectivity index (χ3v) is 6.91. The van der Waals surface area contributed by atoms with Gasteiger partial charge in [-0.15, -0.1) is 0 Å². The Kier molecular flexibility index (Phi) is 5.03. The fourth-order valence-electron chi connectivity index (χ4n) is 5.09. The van der Waals surface area contributed by atoms with Crippen molar-refractivity contribution in [2.24, 2.45) is 0 Å². The Morgan fingerprint density at radius 3 is 2.58 bits per heavy atom. The molecule has 6 nitrogen and oxygen atoms in total. The average molecular weight is 419 g/mol. The maximum absolute atomic E-state index is 13.3. The lowest BCUT2D eigenvalue weighted by Gasteiger charge is -2.16. The number of carbonyl (C=O) groups is 2. The van der Waals surface area contributed by atoms with Crippen molar-refractivity contribution in [3.63, 3.8) is 0 Å². The van der Waals surface area contributed by atoms with Crippen molar-refractivity contribution < 1.29 is 9.59 Å². The molecule has 0 aliphatic heterocycles.